The van der Waals surface area contributed by atoms with Crippen molar-refractivity contribution < 1.29 is 9.15 Å². The van der Waals surface area contributed by atoms with Gasteiger partial charge in [-0.2, -0.15) is 0 Å². The van der Waals surface area contributed by atoms with Gasteiger partial charge >= 0.3 is 0 Å². The highest BCUT2D eigenvalue weighted by molar-refractivity contribution is 9.10. The predicted molar refractivity (Wildman–Crippen MR) is 88.0 cm³/mol. The molecule has 1 fully saturated rings. The highest BCUT2D eigenvalue weighted by Gasteiger charge is 2.41. The zero-order valence-electron chi connectivity index (χ0n) is 13.0. The van der Waals surface area contributed by atoms with E-state index in [0.29, 0.717) is 5.92 Å². The van der Waals surface area contributed by atoms with Crippen molar-refractivity contribution in [3.05, 3.63) is 46.1 Å². The Morgan fingerprint density at radius 3 is 2.50 bits per heavy atom. The van der Waals surface area contributed by atoms with E-state index in [-0.39, 0.29) is 5.41 Å². The molecule has 4 nitrogen and oxygen atoms in total. The Morgan fingerprint density at radius 1 is 1.18 bits per heavy atom. The number of ether oxygens (including phenoxy) is 1. The van der Waals surface area contributed by atoms with Gasteiger partial charge < -0.3 is 9.15 Å². The molecular formula is C17H21BrN2O2. The van der Waals surface area contributed by atoms with E-state index in [0.717, 1.165) is 48.7 Å². The van der Waals surface area contributed by atoms with Crippen molar-refractivity contribution in [1.29, 1.82) is 0 Å². The Labute approximate surface area is 139 Å². The van der Waals surface area contributed by atoms with Crippen LogP contribution in [-0.4, -0.2) is 23.4 Å². The van der Waals surface area contributed by atoms with Gasteiger partial charge in [0.15, 0.2) is 0 Å². The van der Waals surface area contributed by atoms with E-state index in [1.54, 1.807) is 0 Å². The number of hydrogen-bond acceptors (Lipinski definition) is 4. The van der Waals surface area contributed by atoms with Gasteiger partial charge in [0.05, 0.1) is 5.41 Å². The number of benzene rings is 1. The molecule has 0 N–H and O–H groups in total. The molecule has 2 aromatic rings. The van der Waals surface area contributed by atoms with Gasteiger partial charge in [-0.1, -0.05) is 41.9 Å². The van der Waals surface area contributed by atoms with Gasteiger partial charge in [0.1, 0.15) is 0 Å². The Balaban J connectivity index is 2.02. The molecule has 1 aromatic carbocycles. The molecule has 0 aliphatic carbocycles. The van der Waals surface area contributed by atoms with Crippen molar-refractivity contribution >= 4 is 15.9 Å². The standard InChI is InChI=1S/C17H21BrN2O2/c1-3-12(2)15-19-20-16(22-15)17(8-10-21-11-9-17)13-4-6-14(18)7-5-13/h4-7,12H,3,8-11H2,1-2H3/t12-/m1/s1. The van der Waals surface area contributed by atoms with E-state index in [1.165, 1.54) is 5.56 Å². The van der Waals surface area contributed by atoms with Crippen LogP contribution >= 0.6 is 15.9 Å². The monoisotopic (exact) mass is 364 g/mol. The summed E-state index contributed by atoms with van der Waals surface area (Å²) < 4.78 is 12.7. The van der Waals surface area contributed by atoms with Crippen LogP contribution in [-0.2, 0) is 10.2 Å². The number of nitrogens with zero attached hydrogens (tertiary/aromatic N) is 2. The molecule has 0 saturated carbocycles. The number of halogens is 1. The van der Waals surface area contributed by atoms with Crippen molar-refractivity contribution in [3.63, 3.8) is 0 Å². The maximum atomic E-state index is 6.07. The Morgan fingerprint density at radius 2 is 1.86 bits per heavy atom. The number of rotatable bonds is 4. The van der Waals surface area contributed by atoms with Crippen LogP contribution in [0.25, 0.3) is 0 Å². The van der Waals surface area contributed by atoms with Crippen LogP contribution in [0.5, 0.6) is 0 Å². The molecule has 0 unspecified atom stereocenters. The molecule has 118 valence electrons. The minimum absolute atomic E-state index is 0.225. The SMILES string of the molecule is CC[C@@H](C)c1nnc(C2(c3ccc(Br)cc3)CCOCC2)o1. The zero-order valence-corrected chi connectivity index (χ0v) is 14.6. The van der Waals surface area contributed by atoms with Gasteiger partial charge in [-0.15, -0.1) is 10.2 Å². The molecule has 22 heavy (non-hydrogen) atoms. The second-order valence-corrected chi connectivity index (χ2v) is 6.87. The Bertz CT molecular complexity index is 618. The fourth-order valence-electron chi connectivity index (χ4n) is 2.92. The van der Waals surface area contributed by atoms with Crippen molar-refractivity contribution in [2.75, 3.05) is 13.2 Å². The maximum absolute atomic E-state index is 6.07. The topological polar surface area (TPSA) is 48.2 Å². The van der Waals surface area contributed by atoms with Gasteiger partial charge in [-0.05, 0) is 37.0 Å². The van der Waals surface area contributed by atoms with Gasteiger partial charge in [0.25, 0.3) is 0 Å². The van der Waals surface area contributed by atoms with Crippen LogP contribution in [0.2, 0.25) is 0 Å². The summed E-state index contributed by atoms with van der Waals surface area (Å²) in [6, 6.07) is 8.42. The van der Waals surface area contributed by atoms with Crippen molar-refractivity contribution in [1.82, 2.24) is 10.2 Å². The first kappa shape index (κ1) is 15.7. The molecule has 2 heterocycles. The molecular weight excluding hydrogens is 344 g/mol. The van der Waals surface area contributed by atoms with Crippen LogP contribution < -0.4 is 0 Å². The summed E-state index contributed by atoms with van der Waals surface area (Å²) in [5.74, 6) is 1.76. The van der Waals surface area contributed by atoms with Gasteiger partial charge in [-0.3, -0.25) is 0 Å². The molecule has 5 heteroatoms. The normalized spacial score (nSPS) is 19.0. The second kappa shape index (κ2) is 6.50. The summed E-state index contributed by atoms with van der Waals surface area (Å²) in [7, 11) is 0. The largest absolute Gasteiger partial charge is 0.424 e. The third-order valence-electron chi connectivity index (χ3n) is 4.63. The molecule has 0 radical (unpaired) electrons. The first-order chi connectivity index (χ1) is 10.7. The second-order valence-electron chi connectivity index (χ2n) is 5.96. The third-order valence-corrected chi connectivity index (χ3v) is 5.16. The van der Waals surface area contributed by atoms with Crippen LogP contribution in [0.1, 0.15) is 56.4 Å². The van der Waals surface area contributed by atoms with Gasteiger partial charge in [-0.25, -0.2) is 0 Å². The fourth-order valence-corrected chi connectivity index (χ4v) is 3.18. The Hall–Kier alpha value is -1.20. The molecule has 0 bridgehead atoms. The first-order valence-corrected chi connectivity index (χ1v) is 8.62. The van der Waals surface area contributed by atoms with Crippen LogP contribution in [0.15, 0.2) is 33.2 Å². The van der Waals surface area contributed by atoms with E-state index in [4.69, 9.17) is 9.15 Å². The minimum Gasteiger partial charge on any atom is -0.424 e. The molecule has 3 rings (SSSR count). The molecule has 1 atom stereocenters. The average Bonchev–Trinajstić information content (AvgIpc) is 3.06. The predicted octanol–water partition coefficient (Wildman–Crippen LogP) is 4.44. The number of aromatic nitrogens is 2. The summed E-state index contributed by atoms with van der Waals surface area (Å²) in [4.78, 5) is 0. The van der Waals surface area contributed by atoms with E-state index in [9.17, 15) is 0 Å². The van der Waals surface area contributed by atoms with Crippen LogP contribution in [0, 0.1) is 0 Å². The molecule has 1 aliphatic heterocycles. The highest BCUT2D eigenvalue weighted by Crippen LogP contribution is 2.41. The molecule has 1 saturated heterocycles. The lowest BCUT2D eigenvalue weighted by Gasteiger charge is -2.34. The summed E-state index contributed by atoms with van der Waals surface area (Å²) in [6.45, 7) is 5.69. The molecule has 1 aliphatic rings. The third kappa shape index (κ3) is 2.84. The van der Waals surface area contributed by atoms with E-state index in [2.05, 4.69) is 64.2 Å². The van der Waals surface area contributed by atoms with E-state index >= 15 is 0 Å². The zero-order chi connectivity index (χ0) is 15.6. The van der Waals surface area contributed by atoms with Crippen LogP contribution in [0.4, 0.5) is 0 Å². The van der Waals surface area contributed by atoms with Gasteiger partial charge in [0, 0.05) is 23.6 Å². The Kier molecular flexibility index (Phi) is 4.64. The number of hydrogen-bond donors (Lipinski definition) is 0. The van der Waals surface area contributed by atoms with Crippen molar-refractivity contribution in [2.24, 2.45) is 0 Å². The minimum atomic E-state index is -0.225. The summed E-state index contributed by atoms with van der Waals surface area (Å²) in [6.07, 6.45) is 2.74. The van der Waals surface area contributed by atoms with Gasteiger partial charge in [0.2, 0.25) is 11.8 Å². The quantitative estimate of drug-likeness (QED) is 0.804. The summed E-state index contributed by atoms with van der Waals surface area (Å²) in [5, 5.41) is 8.68. The average molecular weight is 365 g/mol. The lowest BCUT2D eigenvalue weighted by Crippen LogP contribution is -2.35. The first-order valence-electron chi connectivity index (χ1n) is 7.83. The molecule has 0 spiro atoms. The van der Waals surface area contributed by atoms with Crippen molar-refractivity contribution in [3.8, 4) is 0 Å². The van der Waals surface area contributed by atoms with E-state index in [1.807, 2.05) is 0 Å². The molecule has 1 aromatic heterocycles. The maximum Gasteiger partial charge on any atom is 0.227 e. The smallest absolute Gasteiger partial charge is 0.227 e. The lowest BCUT2D eigenvalue weighted by atomic mass is 9.74. The highest BCUT2D eigenvalue weighted by atomic mass is 79.9. The summed E-state index contributed by atoms with van der Waals surface area (Å²) >= 11 is 3.50. The summed E-state index contributed by atoms with van der Waals surface area (Å²) in [5.41, 5.74) is 0.996. The molecule has 0 amide bonds. The fraction of sp³-hybridized carbons (Fsp3) is 0.529. The van der Waals surface area contributed by atoms with Crippen LogP contribution in [0.3, 0.4) is 0 Å². The van der Waals surface area contributed by atoms with E-state index < -0.39 is 0 Å². The van der Waals surface area contributed by atoms with Crippen molar-refractivity contribution in [2.45, 2.75) is 44.4 Å². The lowest BCUT2D eigenvalue weighted by molar-refractivity contribution is 0.0539.